The van der Waals surface area contributed by atoms with Crippen molar-refractivity contribution in [1.29, 1.82) is 0 Å². The first kappa shape index (κ1) is 20.7. The van der Waals surface area contributed by atoms with Crippen LogP contribution in [0.2, 0.25) is 0 Å². The van der Waals surface area contributed by atoms with Crippen molar-refractivity contribution < 1.29 is 13.2 Å². The third kappa shape index (κ3) is 6.54. The number of benzene rings is 2. The Morgan fingerprint density at radius 3 is 2.22 bits per heavy atom. The molecule has 0 bridgehead atoms. The van der Waals surface area contributed by atoms with Crippen LogP contribution in [0.25, 0.3) is 6.08 Å². The largest absolute Gasteiger partial charge is 0.378 e. The van der Waals surface area contributed by atoms with Crippen LogP contribution in [-0.2, 0) is 21.4 Å². The van der Waals surface area contributed by atoms with Crippen LogP contribution in [0, 0.1) is 0 Å². The summed E-state index contributed by atoms with van der Waals surface area (Å²) in [5, 5.41) is 3.85. The van der Waals surface area contributed by atoms with Crippen molar-refractivity contribution in [1.82, 2.24) is 9.62 Å². The number of hydrogen-bond donors (Lipinski definition) is 1. The van der Waals surface area contributed by atoms with Crippen LogP contribution in [0.3, 0.4) is 0 Å². The average Bonchev–Trinajstić information content (AvgIpc) is 2.66. The zero-order valence-electron chi connectivity index (χ0n) is 15.8. The molecule has 144 valence electrons. The zero-order chi connectivity index (χ0) is 19.9. The highest BCUT2D eigenvalue weighted by atomic mass is 32.2. The van der Waals surface area contributed by atoms with Gasteiger partial charge in [-0.05, 0) is 29.3 Å². The van der Waals surface area contributed by atoms with E-state index < -0.39 is 10.0 Å². The van der Waals surface area contributed by atoms with Gasteiger partial charge >= 0.3 is 0 Å². The van der Waals surface area contributed by atoms with E-state index in [4.69, 9.17) is 0 Å². The number of hydrogen-bond acceptors (Lipinski definition) is 4. The van der Waals surface area contributed by atoms with Gasteiger partial charge in [-0.2, -0.15) is 4.31 Å². The predicted molar refractivity (Wildman–Crippen MR) is 110 cm³/mol. The number of rotatable bonds is 8. The third-order valence-electron chi connectivity index (χ3n) is 3.98. The van der Waals surface area contributed by atoms with Crippen LogP contribution < -0.4 is 10.2 Å². The van der Waals surface area contributed by atoms with Crippen molar-refractivity contribution in [3.8, 4) is 0 Å². The smallest absolute Gasteiger partial charge is 0.236 e. The minimum Gasteiger partial charge on any atom is -0.378 e. The minimum atomic E-state index is -3.67. The van der Waals surface area contributed by atoms with E-state index in [2.05, 4.69) is 5.32 Å². The molecule has 0 spiro atoms. The first-order valence-electron chi connectivity index (χ1n) is 8.50. The first-order valence-corrected chi connectivity index (χ1v) is 10.0. The summed E-state index contributed by atoms with van der Waals surface area (Å²) in [4.78, 5) is 14.1. The van der Waals surface area contributed by atoms with Gasteiger partial charge in [0.2, 0.25) is 15.9 Å². The Balaban J connectivity index is 1.87. The van der Waals surface area contributed by atoms with Crippen LogP contribution in [0.15, 0.2) is 60.0 Å². The molecule has 0 atom stereocenters. The van der Waals surface area contributed by atoms with E-state index in [-0.39, 0.29) is 12.5 Å². The molecule has 27 heavy (non-hydrogen) atoms. The Bertz CT molecular complexity index is 876. The standard InChI is InChI=1S/C20H25N3O3S/c1-22(2)19-11-9-18(10-12-19)15-21-20(24)16-23(3)27(25,26)14-13-17-7-5-4-6-8-17/h4-14H,15-16H2,1-3H3,(H,21,24)/b14-13+. The highest BCUT2D eigenvalue weighted by Crippen LogP contribution is 2.12. The molecule has 2 aromatic carbocycles. The van der Waals surface area contributed by atoms with Gasteiger partial charge in [0.25, 0.3) is 0 Å². The molecule has 1 N–H and O–H groups in total. The lowest BCUT2D eigenvalue weighted by atomic mass is 10.2. The summed E-state index contributed by atoms with van der Waals surface area (Å²) in [5.74, 6) is -0.356. The van der Waals surface area contributed by atoms with Crippen LogP contribution >= 0.6 is 0 Å². The molecule has 0 aliphatic heterocycles. The maximum Gasteiger partial charge on any atom is 0.236 e. The van der Waals surface area contributed by atoms with Gasteiger partial charge in [0.05, 0.1) is 6.54 Å². The lowest BCUT2D eigenvalue weighted by molar-refractivity contribution is -0.121. The van der Waals surface area contributed by atoms with Crippen molar-refractivity contribution in [3.63, 3.8) is 0 Å². The van der Waals surface area contributed by atoms with Gasteiger partial charge in [-0.1, -0.05) is 42.5 Å². The van der Waals surface area contributed by atoms with E-state index in [1.165, 1.54) is 13.1 Å². The highest BCUT2D eigenvalue weighted by molar-refractivity contribution is 7.92. The molecule has 0 aliphatic carbocycles. The molecule has 0 fully saturated rings. The van der Waals surface area contributed by atoms with E-state index in [0.29, 0.717) is 6.54 Å². The normalized spacial score (nSPS) is 11.7. The number of carbonyl (C=O) groups excluding carboxylic acids is 1. The molecule has 6 nitrogen and oxygen atoms in total. The minimum absolute atomic E-state index is 0.239. The highest BCUT2D eigenvalue weighted by Gasteiger charge is 2.17. The maximum absolute atomic E-state index is 12.3. The molecular weight excluding hydrogens is 362 g/mol. The molecule has 2 aromatic rings. The molecule has 7 heteroatoms. The van der Waals surface area contributed by atoms with E-state index >= 15 is 0 Å². The summed E-state index contributed by atoms with van der Waals surface area (Å²) in [6.45, 7) is 0.109. The maximum atomic E-state index is 12.3. The van der Waals surface area contributed by atoms with Crippen molar-refractivity contribution >= 4 is 27.7 Å². The summed E-state index contributed by atoms with van der Waals surface area (Å²) in [6.07, 6.45) is 1.51. The monoisotopic (exact) mass is 387 g/mol. The number of anilines is 1. The number of amides is 1. The quantitative estimate of drug-likeness (QED) is 0.755. The molecule has 0 unspecified atom stereocenters. The molecule has 1 amide bonds. The molecule has 2 rings (SSSR count). The summed E-state index contributed by atoms with van der Waals surface area (Å²) >= 11 is 0. The molecule has 0 aromatic heterocycles. The summed E-state index contributed by atoms with van der Waals surface area (Å²) < 4.78 is 25.6. The zero-order valence-corrected chi connectivity index (χ0v) is 16.6. The number of nitrogens with zero attached hydrogens (tertiary/aromatic N) is 2. The lowest BCUT2D eigenvalue weighted by Gasteiger charge is -2.15. The van der Waals surface area contributed by atoms with E-state index in [0.717, 1.165) is 26.5 Å². The Kier molecular flexibility index (Phi) is 7.15. The number of carbonyl (C=O) groups is 1. The van der Waals surface area contributed by atoms with Crippen molar-refractivity contribution in [2.24, 2.45) is 0 Å². The second kappa shape index (κ2) is 9.34. The molecule has 0 heterocycles. The molecule has 0 saturated carbocycles. The fourth-order valence-electron chi connectivity index (χ4n) is 2.29. The van der Waals surface area contributed by atoms with Crippen molar-refractivity contribution in [3.05, 3.63) is 71.1 Å². The van der Waals surface area contributed by atoms with Crippen LogP contribution in [0.5, 0.6) is 0 Å². The Labute approximate surface area is 161 Å². The lowest BCUT2D eigenvalue weighted by Crippen LogP contribution is -2.37. The van der Waals surface area contributed by atoms with E-state index in [9.17, 15) is 13.2 Å². The Hall–Kier alpha value is -2.64. The Morgan fingerprint density at radius 1 is 1.00 bits per heavy atom. The van der Waals surface area contributed by atoms with Gasteiger partial charge in [0, 0.05) is 38.8 Å². The SMILES string of the molecule is CN(C)c1ccc(CNC(=O)CN(C)S(=O)(=O)/C=C/c2ccccc2)cc1. The summed E-state index contributed by atoms with van der Waals surface area (Å²) in [7, 11) is 1.64. The molecular formula is C20H25N3O3S. The molecule has 0 aliphatic rings. The van der Waals surface area contributed by atoms with Gasteiger partial charge in [-0.3, -0.25) is 4.79 Å². The second-order valence-electron chi connectivity index (χ2n) is 6.35. The van der Waals surface area contributed by atoms with Gasteiger partial charge in [-0.15, -0.1) is 0 Å². The topological polar surface area (TPSA) is 69.7 Å². The van der Waals surface area contributed by atoms with Crippen LogP contribution in [-0.4, -0.2) is 46.3 Å². The molecule has 0 saturated heterocycles. The van der Waals surface area contributed by atoms with E-state index in [1.807, 2.05) is 61.5 Å². The van der Waals surface area contributed by atoms with Gasteiger partial charge in [-0.25, -0.2) is 8.42 Å². The number of sulfonamides is 1. The third-order valence-corrected chi connectivity index (χ3v) is 5.45. The molecule has 0 radical (unpaired) electrons. The predicted octanol–water partition coefficient (Wildman–Crippen LogP) is 2.30. The van der Waals surface area contributed by atoms with Crippen LogP contribution in [0.4, 0.5) is 5.69 Å². The fraction of sp³-hybridized carbons (Fsp3) is 0.250. The fourth-order valence-corrected chi connectivity index (χ4v) is 3.13. The van der Waals surface area contributed by atoms with Crippen molar-refractivity contribution in [2.75, 3.05) is 32.6 Å². The van der Waals surface area contributed by atoms with E-state index in [1.54, 1.807) is 12.1 Å². The number of likely N-dealkylation sites (N-methyl/N-ethyl adjacent to an activating group) is 1. The second-order valence-corrected chi connectivity index (χ2v) is 8.28. The Morgan fingerprint density at radius 2 is 1.63 bits per heavy atom. The number of nitrogens with one attached hydrogen (secondary N) is 1. The van der Waals surface area contributed by atoms with Gasteiger partial charge < -0.3 is 10.2 Å². The summed E-state index contributed by atoms with van der Waals surface area (Å²) in [6, 6.07) is 16.9. The average molecular weight is 388 g/mol. The first-order chi connectivity index (χ1) is 12.8. The summed E-state index contributed by atoms with van der Waals surface area (Å²) in [5.41, 5.74) is 2.80. The van der Waals surface area contributed by atoms with Crippen molar-refractivity contribution in [2.45, 2.75) is 6.54 Å². The van der Waals surface area contributed by atoms with Gasteiger partial charge in [0.15, 0.2) is 0 Å². The van der Waals surface area contributed by atoms with Gasteiger partial charge in [0.1, 0.15) is 0 Å². The van der Waals surface area contributed by atoms with Crippen LogP contribution in [0.1, 0.15) is 11.1 Å².